The van der Waals surface area contributed by atoms with Crippen LogP contribution in [-0.4, -0.2) is 0 Å². The maximum absolute atomic E-state index is 2.36. The summed E-state index contributed by atoms with van der Waals surface area (Å²) in [5, 5.41) is 0. The summed E-state index contributed by atoms with van der Waals surface area (Å²) >= 11 is 0. The zero-order valence-corrected chi connectivity index (χ0v) is 7.94. The molecule has 0 aromatic heterocycles. The van der Waals surface area contributed by atoms with Crippen molar-refractivity contribution in [3.8, 4) is 0 Å². The Bertz CT molecular complexity index is 116. The van der Waals surface area contributed by atoms with E-state index in [0.29, 0.717) is 5.41 Å². The third kappa shape index (κ3) is 1.53. The quantitative estimate of drug-likeness (QED) is 0.524. The van der Waals surface area contributed by atoms with Gasteiger partial charge >= 0.3 is 0 Å². The van der Waals surface area contributed by atoms with Crippen LogP contribution in [-0.2, 0) is 0 Å². The summed E-state index contributed by atoms with van der Waals surface area (Å²) in [6.07, 6.45) is 1.47. The van der Waals surface area contributed by atoms with Crippen LogP contribution in [0.2, 0.25) is 0 Å². The fraction of sp³-hybridized carbons (Fsp3) is 1.00. The Morgan fingerprint density at radius 3 is 1.80 bits per heavy atom. The van der Waals surface area contributed by atoms with Crippen LogP contribution in [0.5, 0.6) is 0 Å². The van der Waals surface area contributed by atoms with Crippen molar-refractivity contribution < 1.29 is 0 Å². The van der Waals surface area contributed by atoms with Crippen molar-refractivity contribution in [1.29, 1.82) is 0 Å². The fourth-order valence-electron chi connectivity index (χ4n) is 1.95. The van der Waals surface area contributed by atoms with E-state index >= 15 is 0 Å². The molecule has 0 aromatic carbocycles. The summed E-state index contributed by atoms with van der Waals surface area (Å²) < 4.78 is 0. The minimum atomic E-state index is 0.564. The van der Waals surface area contributed by atoms with Gasteiger partial charge in [0.2, 0.25) is 0 Å². The van der Waals surface area contributed by atoms with Crippen molar-refractivity contribution in [1.82, 2.24) is 0 Å². The van der Waals surface area contributed by atoms with Crippen LogP contribution >= 0.6 is 0 Å². The fourth-order valence-corrected chi connectivity index (χ4v) is 1.95. The van der Waals surface area contributed by atoms with E-state index in [1.807, 2.05) is 0 Å². The molecule has 0 radical (unpaired) electrons. The molecule has 0 heteroatoms. The van der Waals surface area contributed by atoms with Crippen LogP contribution in [0.3, 0.4) is 0 Å². The average Bonchev–Trinajstić information content (AvgIpc) is 2.35. The average molecular weight is 140 g/mol. The highest BCUT2D eigenvalue weighted by Gasteiger charge is 2.46. The maximum atomic E-state index is 2.36. The molecule has 1 unspecified atom stereocenters. The molecular weight excluding hydrogens is 120 g/mol. The van der Waals surface area contributed by atoms with E-state index in [1.165, 1.54) is 6.42 Å². The van der Waals surface area contributed by atoms with Gasteiger partial charge < -0.3 is 0 Å². The molecule has 0 heterocycles. The molecule has 2 atom stereocenters. The smallest absolute Gasteiger partial charge is 0.0332 e. The van der Waals surface area contributed by atoms with Gasteiger partial charge in [-0.3, -0.25) is 0 Å². The first-order valence-electron chi connectivity index (χ1n) is 4.43. The van der Waals surface area contributed by atoms with E-state index < -0.39 is 0 Å². The molecule has 1 aliphatic carbocycles. The van der Waals surface area contributed by atoms with Crippen molar-refractivity contribution in [2.45, 2.75) is 41.0 Å². The third-order valence-electron chi connectivity index (χ3n) is 2.81. The van der Waals surface area contributed by atoms with Crippen LogP contribution < -0.4 is 0 Å². The topological polar surface area (TPSA) is 0 Å². The van der Waals surface area contributed by atoms with Gasteiger partial charge in [-0.05, 0) is 29.6 Å². The van der Waals surface area contributed by atoms with Gasteiger partial charge in [0.05, 0.1) is 0 Å². The van der Waals surface area contributed by atoms with E-state index in [0.717, 1.165) is 17.8 Å². The Labute approximate surface area is 65.0 Å². The first-order valence-corrected chi connectivity index (χ1v) is 4.43. The molecule has 1 aliphatic rings. The second-order valence-corrected chi connectivity index (χ2v) is 5.12. The second-order valence-electron chi connectivity index (χ2n) is 5.12. The molecule has 0 aromatic rings. The standard InChI is InChI=1S/C10H20/c1-7(2)8-6-9(8)10(3,4)5/h7-9H,6H2,1-5H3/t8?,9-/m1/s1. The Morgan fingerprint density at radius 2 is 1.70 bits per heavy atom. The van der Waals surface area contributed by atoms with E-state index in [4.69, 9.17) is 0 Å². The summed E-state index contributed by atoms with van der Waals surface area (Å²) in [5.74, 6) is 2.94. The molecule has 0 bridgehead atoms. The Morgan fingerprint density at radius 1 is 1.20 bits per heavy atom. The molecule has 0 nitrogen and oxygen atoms in total. The maximum Gasteiger partial charge on any atom is -0.0332 e. The Balaban J connectivity index is 2.39. The van der Waals surface area contributed by atoms with Crippen LogP contribution in [0.4, 0.5) is 0 Å². The third-order valence-corrected chi connectivity index (χ3v) is 2.81. The summed E-state index contributed by atoms with van der Waals surface area (Å²) in [4.78, 5) is 0. The van der Waals surface area contributed by atoms with Crippen LogP contribution in [0.1, 0.15) is 41.0 Å². The van der Waals surface area contributed by atoms with Gasteiger partial charge in [0, 0.05) is 0 Å². The summed E-state index contributed by atoms with van der Waals surface area (Å²) in [7, 11) is 0. The molecule has 0 saturated heterocycles. The number of hydrogen-bond acceptors (Lipinski definition) is 0. The molecular formula is C10H20. The summed E-state index contributed by atoms with van der Waals surface area (Å²) in [6.45, 7) is 11.8. The monoisotopic (exact) mass is 140 g/mol. The molecule has 0 amide bonds. The van der Waals surface area contributed by atoms with Crippen LogP contribution in [0.25, 0.3) is 0 Å². The normalized spacial score (nSPS) is 33.0. The van der Waals surface area contributed by atoms with Crippen molar-refractivity contribution in [3.05, 3.63) is 0 Å². The Hall–Kier alpha value is 0. The molecule has 1 rings (SSSR count). The van der Waals surface area contributed by atoms with Crippen molar-refractivity contribution in [3.63, 3.8) is 0 Å². The van der Waals surface area contributed by atoms with Crippen molar-refractivity contribution >= 4 is 0 Å². The molecule has 0 aliphatic heterocycles. The predicted molar refractivity (Wildman–Crippen MR) is 45.9 cm³/mol. The minimum Gasteiger partial charge on any atom is -0.0625 e. The van der Waals surface area contributed by atoms with Gasteiger partial charge in [-0.2, -0.15) is 0 Å². The lowest BCUT2D eigenvalue weighted by atomic mass is 9.87. The highest BCUT2D eigenvalue weighted by molar-refractivity contribution is 4.95. The number of rotatable bonds is 1. The molecule has 1 fully saturated rings. The lowest BCUT2D eigenvalue weighted by molar-refractivity contribution is 0.309. The first-order chi connectivity index (χ1) is 4.43. The van der Waals surface area contributed by atoms with E-state index in [2.05, 4.69) is 34.6 Å². The molecule has 0 spiro atoms. The SMILES string of the molecule is CC(C)C1C[C@H]1C(C)(C)C. The van der Waals surface area contributed by atoms with E-state index in [1.54, 1.807) is 0 Å². The first kappa shape index (κ1) is 8.10. The van der Waals surface area contributed by atoms with Gasteiger partial charge in [-0.15, -0.1) is 0 Å². The van der Waals surface area contributed by atoms with Crippen molar-refractivity contribution in [2.75, 3.05) is 0 Å². The number of hydrogen-bond donors (Lipinski definition) is 0. The zero-order valence-electron chi connectivity index (χ0n) is 7.94. The van der Waals surface area contributed by atoms with Gasteiger partial charge in [0.15, 0.2) is 0 Å². The summed E-state index contributed by atoms with van der Waals surface area (Å²) in [5.41, 5.74) is 0.564. The van der Waals surface area contributed by atoms with Gasteiger partial charge in [0.1, 0.15) is 0 Å². The molecule has 0 N–H and O–H groups in total. The lowest BCUT2D eigenvalue weighted by Crippen LogP contribution is -2.10. The predicted octanol–water partition coefficient (Wildman–Crippen LogP) is 3.32. The van der Waals surface area contributed by atoms with Gasteiger partial charge in [-0.1, -0.05) is 34.6 Å². The lowest BCUT2D eigenvalue weighted by Gasteiger charge is -2.18. The molecule has 10 heavy (non-hydrogen) atoms. The highest BCUT2D eigenvalue weighted by atomic mass is 14.5. The van der Waals surface area contributed by atoms with E-state index in [9.17, 15) is 0 Å². The highest BCUT2D eigenvalue weighted by Crippen LogP contribution is 2.53. The van der Waals surface area contributed by atoms with Crippen LogP contribution in [0.15, 0.2) is 0 Å². The molecule has 1 saturated carbocycles. The van der Waals surface area contributed by atoms with Crippen molar-refractivity contribution in [2.24, 2.45) is 23.2 Å². The second kappa shape index (κ2) is 2.25. The van der Waals surface area contributed by atoms with Gasteiger partial charge in [-0.25, -0.2) is 0 Å². The largest absolute Gasteiger partial charge is 0.0625 e. The molecule has 60 valence electrons. The van der Waals surface area contributed by atoms with E-state index in [-0.39, 0.29) is 0 Å². The minimum absolute atomic E-state index is 0.564. The van der Waals surface area contributed by atoms with Crippen LogP contribution in [0, 0.1) is 23.2 Å². The summed E-state index contributed by atoms with van der Waals surface area (Å²) in [6, 6.07) is 0. The van der Waals surface area contributed by atoms with Gasteiger partial charge in [0.25, 0.3) is 0 Å². The zero-order chi connectivity index (χ0) is 7.94. The Kier molecular flexibility index (Phi) is 1.82.